The lowest BCUT2D eigenvalue weighted by molar-refractivity contribution is -0.137. The third-order valence-corrected chi connectivity index (χ3v) is 4.59. The summed E-state index contributed by atoms with van der Waals surface area (Å²) in [6.07, 6.45) is 0.520. The largest absolute Gasteiger partial charge is 0.494 e. The number of halogens is 1. The summed E-state index contributed by atoms with van der Waals surface area (Å²) in [7, 11) is 0. The first kappa shape index (κ1) is 20.1. The lowest BCUT2D eigenvalue weighted by Gasteiger charge is -2.11. The zero-order valence-corrected chi connectivity index (χ0v) is 15.9. The first-order valence-electron chi connectivity index (χ1n) is 8.18. The standard InChI is InChI=1S/C19H20ClNO4S/c1-2-26-17-10-5-13(20)12-16(17)19(24)21-14-6-8-15(9-7-14)25-11-3-4-18(22)23/h5-10,12H,2-4,11H2,1H3,(H,21,24)(H,22,23). The molecule has 5 nitrogen and oxygen atoms in total. The van der Waals surface area contributed by atoms with Crippen molar-refractivity contribution in [3.8, 4) is 5.75 Å². The fourth-order valence-electron chi connectivity index (χ4n) is 2.21. The number of hydrogen-bond acceptors (Lipinski definition) is 4. The van der Waals surface area contributed by atoms with E-state index in [9.17, 15) is 9.59 Å². The highest BCUT2D eigenvalue weighted by Gasteiger charge is 2.13. The highest BCUT2D eigenvalue weighted by Crippen LogP contribution is 2.26. The molecule has 0 bridgehead atoms. The number of amides is 1. The second-order valence-corrected chi connectivity index (χ2v) is 7.14. The number of aliphatic carboxylic acids is 1. The summed E-state index contributed by atoms with van der Waals surface area (Å²) >= 11 is 7.61. The molecule has 0 saturated carbocycles. The Morgan fingerprint density at radius 1 is 1.19 bits per heavy atom. The second kappa shape index (κ2) is 10.1. The van der Waals surface area contributed by atoms with Crippen molar-refractivity contribution in [2.45, 2.75) is 24.7 Å². The van der Waals surface area contributed by atoms with Crippen LogP contribution in [0.2, 0.25) is 5.02 Å². The van der Waals surface area contributed by atoms with Crippen LogP contribution in [0.25, 0.3) is 0 Å². The molecule has 0 aromatic heterocycles. The van der Waals surface area contributed by atoms with Crippen molar-refractivity contribution in [1.29, 1.82) is 0 Å². The SMILES string of the molecule is CCSc1ccc(Cl)cc1C(=O)Nc1ccc(OCCCC(=O)O)cc1. The summed E-state index contributed by atoms with van der Waals surface area (Å²) in [6, 6.07) is 12.2. The fourth-order valence-corrected chi connectivity index (χ4v) is 3.16. The van der Waals surface area contributed by atoms with Gasteiger partial charge in [0.1, 0.15) is 5.75 Å². The molecule has 138 valence electrons. The summed E-state index contributed by atoms with van der Waals surface area (Å²) in [5, 5.41) is 12.0. The lowest BCUT2D eigenvalue weighted by atomic mass is 10.2. The van der Waals surface area contributed by atoms with Gasteiger partial charge in [-0.25, -0.2) is 0 Å². The maximum absolute atomic E-state index is 12.6. The Morgan fingerprint density at radius 2 is 1.92 bits per heavy atom. The first-order chi connectivity index (χ1) is 12.5. The zero-order chi connectivity index (χ0) is 18.9. The molecular formula is C19H20ClNO4S. The van der Waals surface area contributed by atoms with Gasteiger partial charge in [0.15, 0.2) is 0 Å². The minimum atomic E-state index is -0.840. The van der Waals surface area contributed by atoms with E-state index in [-0.39, 0.29) is 12.3 Å². The van der Waals surface area contributed by atoms with Gasteiger partial charge >= 0.3 is 5.97 Å². The summed E-state index contributed by atoms with van der Waals surface area (Å²) in [4.78, 5) is 23.9. The van der Waals surface area contributed by atoms with Crippen LogP contribution in [0, 0.1) is 0 Å². The third kappa shape index (κ3) is 6.28. The molecule has 0 aliphatic rings. The molecule has 0 heterocycles. The number of anilines is 1. The Labute approximate surface area is 161 Å². The van der Waals surface area contributed by atoms with E-state index >= 15 is 0 Å². The topological polar surface area (TPSA) is 75.6 Å². The molecule has 0 saturated heterocycles. The molecule has 0 atom stereocenters. The van der Waals surface area contributed by atoms with Gasteiger partial charge in [-0.05, 0) is 54.6 Å². The minimum absolute atomic E-state index is 0.0753. The van der Waals surface area contributed by atoms with Crippen LogP contribution in [-0.4, -0.2) is 29.3 Å². The Bertz CT molecular complexity index is 765. The molecule has 7 heteroatoms. The molecule has 0 fully saturated rings. The minimum Gasteiger partial charge on any atom is -0.494 e. The fraction of sp³-hybridized carbons (Fsp3) is 0.263. The van der Waals surface area contributed by atoms with Crippen molar-refractivity contribution in [3.63, 3.8) is 0 Å². The molecule has 0 radical (unpaired) electrons. The summed E-state index contributed by atoms with van der Waals surface area (Å²) in [6.45, 7) is 2.36. The predicted molar refractivity (Wildman–Crippen MR) is 105 cm³/mol. The zero-order valence-electron chi connectivity index (χ0n) is 14.3. The van der Waals surface area contributed by atoms with Gasteiger partial charge in [0.05, 0.1) is 12.2 Å². The number of carboxylic acids is 1. The molecule has 0 spiro atoms. The molecule has 2 rings (SSSR count). The van der Waals surface area contributed by atoms with E-state index in [4.69, 9.17) is 21.4 Å². The van der Waals surface area contributed by atoms with Gasteiger partial charge in [-0.15, -0.1) is 11.8 Å². The van der Waals surface area contributed by atoms with Crippen LogP contribution in [0.15, 0.2) is 47.4 Å². The normalized spacial score (nSPS) is 10.4. The van der Waals surface area contributed by atoms with E-state index in [0.717, 1.165) is 10.6 Å². The number of benzene rings is 2. The molecule has 0 unspecified atom stereocenters. The van der Waals surface area contributed by atoms with Crippen LogP contribution in [0.4, 0.5) is 5.69 Å². The van der Waals surface area contributed by atoms with Crippen molar-refractivity contribution < 1.29 is 19.4 Å². The van der Waals surface area contributed by atoms with Crippen molar-refractivity contribution in [1.82, 2.24) is 0 Å². The van der Waals surface area contributed by atoms with E-state index in [1.165, 1.54) is 0 Å². The highest BCUT2D eigenvalue weighted by atomic mass is 35.5. The molecule has 0 aliphatic carbocycles. The Balaban J connectivity index is 1.97. The number of carboxylic acid groups (broad SMARTS) is 1. The molecule has 26 heavy (non-hydrogen) atoms. The second-order valence-electron chi connectivity index (χ2n) is 5.40. The highest BCUT2D eigenvalue weighted by molar-refractivity contribution is 7.99. The number of ether oxygens (including phenoxy) is 1. The molecule has 1 amide bonds. The number of carbonyl (C=O) groups is 2. The van der Waals surface area contributed by atoms with Gasteiger partial charge in [0, 0.05) is 22.0 Å². The molecule has 2 aromatic carbocycles. The van der Waals surface area contributed by atoms with E-state index in [0.29, 0.717) is 35.1 Å². The van der Waals surface area contributed by atoms with Crippen LogP contribution in [-0.2, 0) is 4.79 Å². The van der Waals surface area contributed by atoms with Crippen LogP contribution >= 0.6 is 23.4 Å². The molecular weight excluding hydrogens is 374 g/mol. The van der Waals surface area contributed by atoms with E-state index in [1.807, 2.05) is 13.0 Å². The number of thioether (sulfide) groups is 1. The third-order valence-electron chi connectivity index (χ3n) is 3.40. The Kier molecular flexibility index (Phi) is 7.81. The van der Waals surface area contributed by atoms with Gasteiger partial charge in [-0.3, -0.25) is 9.59 Å². The smallest absolute Gasteiger partial charge is 0.303 e. The molecule has 2 N–H and O–H groups in total. The average Bonchev–Trinajstić information content (AvgIpc) is 2.61. The first-order valence-corrected chi connectivity index (χ1v) is 9.54. The summed E-state index contributed by atoms with van der Waals surface area (Å²) in [5.41, 5.74) is 1.18. The predicted octanol–water partition coefficient (Wildman–Crippen LogP) is 4.95. The lowest BCUT2D eigenvalue weighted by Crippen LogP contribution is -2.13. The van der Waals surface area contributed by atoms with Gasteiger partial charge in [0.2, 0.25) is 0 Å². The summed E-state index contributed by atoms with van der Waals surface area (Å²) < 4.78 is 5.47. The number of carbonyl (C=O) groups excluding carboxylic acids is 1. The van der Waals surface area contributed by atoms with Crippen LogP contribution < -0.4 is 10.1 Å². The Morgan fingerprint density at radius 3 is 2.58 bits per heavy atom. The van der Waals surface area contributed by atoms with Crippen molar-refractivity contribution in [3.05, 3.63) is 53.1 Å². The van der Waals surface area contributed by atoms with Crippen LogP contribution in [0.3, 0.4) is 0 Å². The Hall–Kier alpha value is -2.18. The quantitative estimate of drug-likeness (QED) is 0.465. The number of nitrogens with one attached hydrogen (secondary N) is 1. The molecule has 2 aromatic rings. The maximum Gasteiger partial charge on any atom is 0.303 e. The summed E-state index contributed by atoms with van der Waals surface area (Å²) in [5.74, 6) is 0.417. The van der Waals surface area contributed by atoms with E-state index < -0.39 is 5.97 Å². The number of hydrogen-bond donors (Lipinski definition) is 2. The van der Waals surface area contributed by atoms with Crippen molar-refractivity contribution in [2.75, 3.05) is 17.7 Å². The van der Waals surface area contributed by atoms with Gasteiger partial charge in [-0.2, -0.15) is 0 Å². The van der Waals surface area contributed by atoms with E-state index in [2.05, 4.69) is 5.32 Å². The average molecular weight is 394 g/mol. The van der Waals surface area contributed by atoms with E-state index in [1.54, 1.807) is 48.2 Å². The van der Waals surface area contributed by atoms with Crippen LogP contribution in [0.5, 0.6) is 5.75 Å². The number of rotatable bonds is 9. The van der Waals surface area contributed by atoms with Gasteiger partial charge in [0.25, 0.3) is 5.91 Å². The van der Waals surface area contributed by atoms with Gasteiger partial charge < -0.3 is 15.2 Å². The van der Waals surface area contributed by atoms with Crippen molar-refractivity contribution >= 4 is 40.9 Å². The monoisotopic (exact) mass is 393 g/mol. The maximum atomic E-state index is 12.6. The molecule has 0 aliphatic heterocycles. The van der Waals surface area contributed by atoms with Crippen molar-refractivity contribution in [2.24, 2.45) is 0 Å². The van der Waals surface area contributed by atoms with Gasteiger partial charge in [-0.1, -0.05) is 18.5 Å². The van der Waals surface area contributed by atoms with Crippen LogP contribution in [0.1, 0.15) is 30.1 Å².